The Morgan fingerprint density at radius 1 is 0.545 bits per heavy atom. The van der Waals surface area contributed by atoms with Gasteiger partial charge in [0.05, 0.1) is 0 Å². The minimum Gasteiger partial charge on any atom is -0.382 e. The predicted octanol–water partition coefficient (Wildman–Crippen LogP) is 7.96. The maximum atomic E-state index is 14.4. The van der Waals surface area contributed by atoms with Crippen LogP contribution in [0.4, 0.5) is 0 Å². The molecule has 0 spiro atoms. The van der Waals surface area contributed by atoms with Gasteiger partial charge in [0.1, 0.15) is 0 Å². The maximum Gasteiger partial charge on any atom is 0.320 e. The van der Waals surface area contributed by atoms with Gasteiger partial charge in [0, 0.05) is 10.7 Å². The van der Waals surface area contributed by atoms with Crippen LogP contribution >= 0.6 is 0 Å². The monoisotopic (exact) mass is 442 g/mol. The zero-order chi connectivity index (χ0) is 22.6. The molecule has 1 aliphatic heterocycles. The largest absolute Gasteiger partial charge is 0.382 e. The van der Waals surface area contributed by atoms with Gasteiger partial charge in [0.25, 0.3) is 0 Å². The second kappa shape index (κ2) is 9.48. The lowest BCUT2D eigenvalue weighted by Gasteiger charge is -2.32. The van der Waals surface area contributed by atoms with E-state index >= 15 is 0 Å². The molecule has 0 saturated carbocycles. The molecule has 1 atom stereocenters. The molecular formula is C31H26OSi. The highest BCUT2D eigenvalue weighted by molar-refractivity contribution is 6.75. The minimum atomic E-state index is -2.13. The fraction of sp³-hybridized carbons (Fsp3) is 0.0968. The summed E-state index contributed by atoms with van der Waals surface area (Å²) in [5.74, 6) is 0. The van der Waals surface area contributed by atoms with Crippen LogP contribution in [-0.4, -0.2) is 8.68 Å². The summed E-state index contributed by atoms with van der Waals surface area (Å²) in [5.41, 5.74) is 7.96. The molecule has 1 nitrogen and oxygen atoms in total. The van der Waals surface area contributed by atoms with Crippen molar-refractivity contribution in [2.45, 2.75) is 18.9 Å². The van der Waals surface area contributed by atoms with E-state index in [2.05, 4.69) is 97.9 Å². The van der Waals surface area contributed by atoms with Crippen molar-refractivity contribution < 1.29 is 4.46 Å². The van der Waals surface area contributed by atoms with Gasteiger partial charge in [-0.25, -0.2) is 0 Å². The van der Waals surface area contributed by atoms with E-state index in [0.717, 1.165) is 39.4 Å². The van der Waals surface area contributed by atoms with E-state index in [4.69, 9.17) is 0 Å². The molecule has 0 aromatic heterocycles. The van der Waals surface area contributed by atoms with Crippen molar-refractivity contribution in [2.75, 3.05) is 0 Å². The topological polar surface area (TPSA) is 17.1 Å². The molecule has 1 heterocycles. The van der Waals surface area contributed by atoms with Gasteiger partial charge in [-0.1, -0.05) is 128 Å². The van der Waals surface area contributed by atoms with Gasteiger partial charge < -0.3 is 4.46 Å². The number of hydrogen-bond donors (Lipinski definition) is 0. The highest BCUT2D eigenvalue weighted by atomic mass is 28.3. The second-order valence-electron chi connectivity index (χ2n) is 8.33. The molecule has 5 rings (SSSR count). The van der Waals surface area contributed by atoms with E-state index in [1.165, 1.54) is 11.1 Å². The Morgan fingerprint density at radius 2 is 0.939 bits per heavy atom. The quantitative estimate of drug-likeness (QED) is 0.286. The van der Waals surface area contributed by atoms with E-state index in [9.17, 15) is 4.46 Å². The average Bonchev–Trinajstić information content (AvgIpc) is 2.90. The van der Waals surface area contributed by atoms with Gasteiger partial charge in [-0.3, -0.25) is 0 Å². The Hall–Kier alpha value is -3.62. The van der Waals surface area contributed by atoms with E-state index in [1.54, 1.807) is 0 Å². The van der Waals surface area contributed by atoms with Crippen molar-refractivity contribution in [1.82, 2.24) is 0 Å². The Morgan fingerprint density at radius 3 is 1.39 bits per heavy atom. The lowest BCUT2D eigenvalue weighted by molar-refractivity contribution is 0.561. The molecule has 0 fully saturated rings. The van der Waals surface area contributed by atoms with Crippen LogP contribution in [0.2, 0.25) is 5.54 Å². The van der Waals surface area contributed by atoms with Crippen molar-refractivity contribution in [1.29, 1.82) is 0 Å². The van der Waals surface area contributed by atoms with Gasteiger partial charge in [-0.05, 0) is 45.4 Å². The highest BCUT2D eigenvalue weighted by Crippen LogP contribution is 2.52. The summed E-state index contributed by atoms with van der Waals surface area (Å²) < 4.78 is 14.4. The molecule has 0 saturated heterocycles. The molecule has 0 N–H and O–H groups in total. The Labute approximate surface area is 197 Å². The van der Waals surface area contributed by atoms with Crippen LogP contribution in [-0.2, 0) is 4.46 Å². The number of rotatable bonds is 5. The van der Waals surface area contributed by atoms with Gasteiger partial charge >= 0.3 is 8.68 Å². The fourth-order valence-corrected chi connectivity index (χ4v) is 7.16. The lowest BCUT2D eigenvalue weighted by Crippen LogP contribution is -2.22. The zero-order valence-electron chi connectivity index (χ0n) is 18.7. The number of allylic oxidation sites excluding steroid dienone is 3. The first-order valence-electron chi connectivity index (χ1n) is 11.5. The molecule has 1 aliphatic rings. The number of hydrogen-bond acceptors (Lipinski definition) is 1. The standard InChI is InChI=1S/C31H26OSi/c1-2-27-28(23-15-7-3-8-16-23)29(24-17-9-4-10-18-24)30(25-19-11-5-12-20-25)31(33(27)32)26-21-13-6-14-22-26/h3-22,27H,2H2,1H3. The molecule has 0 radical (unpaired) electrons. The van der Waals surface area contributed by atoms with Crippen molar-refractivity contribution in [2.24, 2.45) is 0 Å². The smallest absolute Gasteiger partial charge is 0.320 e. The Balaban J connectivity index is 1.95. The first-order chi connectivity index (χ1) is 16.3. The first-order valence-corrected chi connectivity index (χ1v) is 13.0. The zero-order valence-corrected chi connectivity index (χ0v) is 19.7. The van der Waals surface area contributed by atoms with Crippen molar-refractivity contribution in [3.63, 3.8) is 0 Å². The molecular weight excluding hydrogens is 416 g/mol. The molecule has 0 aliphatic carbocycles. The first kappa shape index (κ1) is 21.2. The molecule has 0 bridgehead atoms. The average molecular weight is 443 g/mol. The summed E-state index contributed by atoms with van der Waals surface area (Å²) in [6.45, 7) is 2.16. The van der Waals surface area contributed by atoms with E-state index in [0.29, 0.717) is 0 Å². The predicted molar refractivity (Wildman–Crippen MR) is 140 cm³/mol. The molecule has 4 aromatic rings. The van der Waals surface area contributed by atoms with Crippen LogP contribution in [0.1, 0.15) is 35.6 Å². The summed E-state index contributed by atoms with van der Waals surface area (Å²) in [6.07, 6.45) is 0.830. The van der Waals surface area contributed by atoms with Gasteiger partial charge in [-0.2, -0.15) is 0 Å². The molecule has 1 unspecified atom stereocenters. The third kappa shape index (κ3) is 3.99. The second-order valence-corrected chi connectivity index (χ2v) is 10.3. The van der Waals surface area contributed by atoms with Crippen LogP contribution in [0.3, 0.4) is 0 Å². The van der Waals surface area contributed by atoms with Crippen LogP contribution in [0.15, 0.2) is 121 Å². The van der Waals surface area contributed by atoms with Crippen molar-refractivity contribution >= 4 is 30.6 Å². The van der Waals surface area contributed by atoms with Crippen LogP contribution in [0.25, 0.3) is 21.9 Å². The Bertz CT molecular complexity index is 1320. The summed E-state index contributed by atoms with van der Waals surface area (Å²) in [7, 11) is -2.13. The SMILES string of the molecule is CCC1C(c2ccccc2)=C(c2ccccc2)C(c2ccccc2)=C(c2ccccc2)[Si]1=O. The molecule has 4 aromatic carbocycles. The normalized spacial score (nSPS) is 16.3. The fourth-order valence-electron chi connectivity index (χ4n) is 4.90. The molecule has 0 amide bonds. The molecule has 2 heteroatoms. The van der Waals surface area contributed by atoms with Crippen molar-refractivity contribution in [3.8, 4) is 0 Å². The third-order valence-corrected chi connectivity index (χ3v) is 8.72. The van der Waals surface area contributed by atoms with E-state index in [-0.39, 0.29) is 5.54 Å². The van der Waals surface area contributed by atoms with Crippen LogP contribution in [0.5, 0.6) is 0 Å². The van der Waals surface area contributed by atoms with E-state index in [1.807, 2.05) is 30.3 Å². The highest BCUT2D eigenvalue weighted by Gasteiger charge is 2.38. The van der Waals surface area contributed by atoms with Crippen LogP contribution in [0, 0.1) is 0 Å². The molecule has 160 valence electrons. The van der Waals surface area contributed by atoms with E-state index < -0.39 is 8.68 Å². The van der Waals surface area contributed by atoms with Gasteiger partial charge in [0.2, 0.25) is 0 Å². The molecule has 33 heavy (non-hydrogen) atoms. The number of benzene rings is 4. The summed E-state index contributed by atoms with van der Waals surface area (Å²) in [6, 6.07) is 41.9. The van der Waals surface area contributed by atoms with Crippen LogP contribution < -0.4 is 0 Å². The summed E-state index contributed by atoms with van der Waals surface area (Å²) in [4.78, 5) is 0. The Kier molecular flexibility index (Phi) is 6.10. The third-order valence-electron chi connectivity index (χ3n) is 6.36. The summed E-state index contributed by atoms with van der Waals surface area (Å²) in [5, 5.41) is 0.997. The van der Waals surface area contributed by atoms with Gasteiger partial charge in [-0.15, -0.1) is 0 Å². The van der Waals surface area contributed by atoms with Gasteiger partial charge in [0.15, 0.2) is 0 Å². The lowest BCUT2D eigenvalue weighted by atomic mass is 9.82. The summed E-state index contributed by atoms with van der Waals surface area (Å²) >= 11 is 0. The maximum absolute atomic E-state index is 14.4. The minimum absolute atomic E-state index is 0.0183. The van der Waals surface area contributed by atoms with Crippen molar-refractivity contribution in [3.05, 3.63) is 144 Å².